The van der Waals surface area contributed by atoms with Gasteiger partial charge < -0.3 is 5.73 Å². The first-order valence-corrected chi connectivity index (χ1v) is 2.79. The van der Waals surface area contributed by atoms with E-state index >= 15 is 0 Å². The lowest BCUT2D eigenvalue weighted by molar-refractivity contribution is 0.303. The quantitative estimate of drug-likeness (QED) is 0.605. The first-order chi connectivity index (χ1) is 4.22. The summed E-state index contributed by atoms with van der Waals surface area (Å²) in [6.45, 7) is 3.96. The van der Waals surface area contributed by atoms with Crippen molar-refractivity contribution in [3.05, 3.63) is 5.69 Å². The van der Waals surface area contributed by atoms with Crippen LogP contribution in [-0.2, 0) is 0 Å². The molecule has 0 aromatic carbocycles. The van der Waals surface area contributed by atoms with Crippen LogP contribution >= 0.6 is 0 Å². The summed E-state index contributed by atoms with van der Waals surface area (Å²) in [6.07, 6.45) is 0. The van der Waals surface area contributed by atoms with Crippen LogP contribution in [0.1, 0.15) is 25.5 Å². The molecule has 1 aromatic heterocycles. The van der Waals surface area contributed by atoms with Crippen LogP contribution in [0.25, 0.3) is 0 Å². The summed E-state index contributed by atoms with van der Waals surface area (Å²) >= 11 is 0. The van der Waals surface area contributed by atoms with Gasteiger partial charge in [-0.25, -0.2) is 4.63 Å². The van der Waals surface area contributed by atoms with Crippen molar-refractivity contribution in [2.75, 3.05) is 5.73 Å². The van der Waals surface area contributed by atoms with Crippen molar-refractivity contribution in [3.63, 3.8) is 0 Å². The third kappa shape index (κ3) is 1.01. The number of rotatable bonds is 1. The Hall–Kier alpha value is -1.06. The predicted octanol–water partition coefficient (Wildman–Crippen LogP) is 0.775. The Morgan fingerprint density at radius 2 is 2.11 bits per heavy atom. The lowest BCUT2D eigenvalue weighted by atomic mass is 10.1. The van der Waals surface area contributed by atoms with E-state index in [1.165, 1.54) is 0 Å². The summed E-state index contributed by atoms with van der Waals surface area (Å²) in [4.78, 5) is 0. The van der Waals surface area contributed by atoms with E-state index in [0.29, 0.717) is 5.82 Å². The fourth-order valence-corrected chi connectivity index (χ4v) is 0.603. The van der Waals surface area contributed by atoms with Gasteiger partial charge >= 0.3 is 0 Å². The molecule has 1 rings (SSSR count). The summed E-state index contributed by atoms with van der Waals surface area (Å²) in [5.41, 5.74) is 6.11. The number of nitrogens with zero attached hydrogens (tertiary/aromatic N) is 2. The van der Waals surface area contributed by atoms with Crippen LogP contribution in [-0.4, -0.2) is 10.3 Å². The van der Waals surface area contributed by atoms with Crippen molar-refractivity contribution in [1.29, 1.82) is 0 Å². The zero-order chi connectivity index (χ0) is 6.85. The molecule has 50 valence electrons. The maximum Gasteiger partial charge on any atom is 0.191 e. The van der Waals surface area contributed by atoms with Gasteiger partial charge in [0.2, 0.25) is 0 Å². The molecule has 0 fully saturated rings. The third-order valence-electron chi connectivity index (χ3n) is 1.09. The van der Waals surface area contributed by atoms with Crippen molar-refractivity contribution in [2.24, 2.45) is 0 Å². The molecule has 0 aliphatic carbocycles. The van der Waals surface area contributed by atoms with Crippen LogP contribution in [0.3, 0.4) is 0 Å². The van der Waals surface area contributed by atoms with Gasteiger partial charge in [0.25, 0.3) is 0 Å². The van der Waals surface area contributed by atoms with Crippen molar-refractivity contribution >= 4 is 5.82 Å². The minimum atomic E-state index is 0.288. The average molecular weight is 127 g/mol. The molecule has 0 amide bonds. The Balaban J connectivity index is 2.94. The van der Waals surface area contributed by atoms with Gasteiger partial charge in [-0.2, -0.15) is 0 Å². The Kier molecular flexibility index (Phi) is 1.38. The highest BCUT2D eigenvalue weighted by molar-refractivity contribution is 5.32. The summed E-state index contributed by atoms with van der Waals surface area (Å²) in [7, 11) is 0. The van der Waals surface area contributed by atoms with Crippen molar-refractivity contribution in [1.82, 2.24) is 10.3 Å². The SMILES string of the molecule is CC(C)c1nonc1N. The number of hydrogen-bond acceptors (Lipinski definition) is 4. The smallest absolute Gasteiger partial charge is 0.191 e. The molecule has 0 saturated heterocycles. The lowest BCUT2D eigenvalue weighted by Crippen LogP contribution is -1.94. The maximum absolute atomic E-state index is 5.37. The van der Waals surface area contributed by atoms with Gasteiger partial charge in [0, 0.05) is 5.92 Å². The van der Waals surface area contributed by atoms with Gasteiger partial charge in [-0.15, -0.1) is 0 Å². The van der Waals surface area contributed by atoms with Gasteiger partial charge in [-0.3, -0.25) is 0 Å². The fraction of sp³-hybridized carbons (Fsp3) is 0.600. The molecule has 2 N–H and O–H groups in total. The summed E-state index contributed by atoms with van der Waals surface area (Å²) < 4.78 is 4.38. The molecule has 0 aliphatic rings. The Morgan fingerprint density at radius 3 is 2.33 bits per heavy atom. The highest BCUT2D eigenvalue weighted by atomic mass is 16.6. The summed E-state index contributed by atoms with van der Waals surface area (Å²) in [5, 5.41) is 7.03. The molecule has 1 aromatic rings. The molecule has 4 nitrogen and oxygen atoms in total. The van der Waals surface area contributed by atoms with Crippen LogP contribution in [0.15, 0.2) is 4.63 Å². The number of aromatic nitrogens is 2. The van der Waals surface area contributed by atoms with Gasteiger partial charge in [-0.1, -0.05) is 19.0 Å². The average Bonchev–Trinajstić information content (AvgIpc) is 2.13. The number of hydrogen-bond donors (Lipinski definition) is 1. The van der Waals surface area contributed by atoms with Gasteiger partial charge in [0.1, 0.15) is 5.69 Å². The summed E-state index contributed by atoms with van der Waals surface area (Å²) in [5.74, 6) is 0.682. The van der Waals surface area contributed by atoms with E-state index in [0.717, 1.165) is 5.69 Å². The topological polar surface area (TPSA) is 64.9 Å². The minimum absolute atomic E-state index is 0.288. The van der Waals surface area contributed by atoms with E-state index in [1.807, 2.05) is 13.8 Å². The highest BCUT2D eigenvalue weighted by Crippen LogP contribution is 2.15. The zero-order valence-electron chi connectivity index (χ0n) is 5.46. The highest BCUT2D eigenvalue weighted by Gasteiger charge is 2.08. The maximum atomic E-state index is 5.37. The monoisotopic (exact) mass is 127 g/mol. The van der Waals surface area contributed by atoms with Crippen LogP contribution in [0.4, 0.5) is 5.82 Å². The number of nitrogens with two attached hydrogens (primary N) is 1. The molecular formula is C5H9N3O. The Bertz CT molecular complexity index is 194. The van der Waals surface area contributed by atoms with Crippen molar-refractivity contribution in [2.45, 2.75) is 19.8 Å². The van der Waals surface area contributed by atoms with Gasteiger partial charge in [0.15, 0.2) is 5.82 Å². The second-order valence-electron chi connectivity index (χ2n) is 2.19. The normalized spacial score (nSPS) is 10.6. The number of anilines is 1. The number of nitrogen functional groups attached to an aromatic ring is 1. The third-order valence-corrected chi connectivity index (χ3v) is 1.09. The fourth-order valence-electron chi connectivity index (χ4n) is 0.603. The lowest BCUT2D eigenvalue weighted by Gasteiger charge is -1.94. The standard InChI is InChI=1S/C5H9N3O/c1-3(2)4-5(6)8-9-7-4/h3H,1-2H3,(H2,6,8). The molecular weight excluding hydrogens is 118 g/mol. The molecule has 0 bridgehead atoms. The zero-order valence-corrected chi connectivity index (χ0v) is 5.46. The van der Waals surface area contributed by atoms with E-state index in [4.69, 9.17) is 5.73 Å². The summed E-state index contributed by atoms with van der Waals surface area (Å²) in [6, 6.07) is 0. The van der Waals surface area contributed by atoms with Crippen molar-refractivity contribution in [3.8, 4) is 0 Å². The van der Waals surface area contributed by atoms with E-state index in [1.54, 1.807) is 0 Å². The van der Waals surface area contributed by atoms with E-state index in [2.05, 4.69) is 14.9 Å². The van der Waals surface area contributed by atoms with E-state index in [-0.39, 0.29) is 5.92 Å². The minimum Gasteiger partial charge on any atom is -0.379 e. The molecule has 0 aliphatic heterocycles. The van der Waals surface area contributed by atoms with E-state index in [9.17, 15) is 0 Å². The predicted molar refractivity (Wildman–Crippen MR) is 32.8 cm³/mol. The van der Waals surface area contributed by atoms with Crippen LogP contribution in [0, 0.1) is 0 Å². The van der Waals surface area contributed by atoms with Gasteiger partial charge in [-0.05, 0) is 5.16 Å². The van der Waals surface area contributed by atoms with Crippen molar-refractivity contribution < 1.29 is 4.63 Å². The second-order valence-corrected chi connectivity index (χ2v) is 2.19. The Labute approximate surface area is 53.0 Å². The molecule has 9 heavy (non-hydrogen) atoms. The molecule has 0 spiro atoms. The molecule has 1 heterocycles. The Morgan fingerprint density at radius 1 is 1.44 bits per heavy atom. The molecule has 0 atom stereocenters. The van der Waals surface area contributed by atoms with E-state index < -0.39 is 0 Å². The van der Waals surface area contributed by atoms with Crippen LogP contribution in [0.2, 0.25) is 0 Å². The molecule has 4 heteroatoms. The molecule has 0 radical (unpaired) electrons. The molecule has 0 saturated carbocycles. The van der Waals surface area contributed by atoms with Gasteiger partial charge in [0.05, 0.1) is 0 Å². The van der Waals surface area contributed by atoms with Crippen LogP contribution in [0.5, 0.6) is 0 Å². The second kappa shape index (κ2) is 2.05. The first-order valence-electron chi connectivity index (χ1n) is 2.79. The van der Waals surface area contributed by atoms with Crippen LogP contribution < -0.4 is 5.73 Å². The molecule has 0 unspecified atom stereocenters. The first kappa shape index (κ1) is 6.07. The largest absolute Gasteiger partial charge is 0.379 e.